The van der Waals surface area contributed by atoms with Gasteiger partial charge in [-0.1, -0.05) is 11.2 Å². The highest BCUT2D eigenvalue weighted by molar-refractivity contribution is 5.89. The first-order valence-electron chi connectivity index (χ1n) is 12.4. The molecule has 2 aromatic heterocycles. The highest BCUT2D eigenvalue weighted by atomic mass is 19.1. The number of carbonyl (C=O) groups excluding carboxylic acids is 1. The van der Waals surface area contributed by atoms with Crippen LogP contribution in [0.1, 0.15) is 53.3 Å². The van der Waals surface area contributed by atoms with Crippen LogP contribution in [-0.4, -0.2) is 42.4 Å². The largest absolute Gasteiger partial charge is 0.465 e. The quantitative estimate of drug-likeness (QED) is 0.422. The summed E-state index contributed by atoms with van der Waals surface area (Å²) >= 11 is 0. The van der Waals surface area contributed by atoms with Gasteiger partial charge in [0.15, 0.2) is 0 Å². The Morgan fingerprint density at radius 3 is 2.44 bits per heavy atom. The molecule has 1 aromatic carbocycles. The number of fused-ring (bicyclic) bond motifs is 1. The van der Waals surface area contributed by atoms with Gasteiger partial charge in [-0.2, -0.15) is 0 Å². The zero-order chi connectivity index (χ0) is 24.8. The number of rotatable bonds is 7. The molecule has 0 amide bonds. The summed E-state index contributed by atoms with van der Waals surface area (Å²) in [5.41, 5.74) is 1.15. The van der Waals surface area contributed by atoms with E-state index in [9.17, 15) is 13.6 Å². The van der Waals surface area contributed by atoms with Crippen LogP contribution in [-0.2, 0) is 16.1 Å². The third-order valence-electron chi connectivity index (χ3n) is 7.63. The summed E-state index contributed by atoms with van der Waals surface area (Å²) in [6.07, 6.45) is 5.41. The van der Waals surface area contributed by atoms with Gasteiger partial charge in [0.1, 0.15) is 28.9 Å². The average molecular weight is 496 g/mol. The molecular formula is C27H27F2N3O4. The SMILES string of the molecule is COC(=O)c1ccc(N2C[C@H]3CC(OCc4c(-c5c(F)cccc5F)noc4C4CC4)C[C@H]3C2)nc1. The van der Waals surface area contributed by atoms with Gasteiger partial charge in [0, 0.05) is 30.8 Å². The summed E-state index contributed by atoms with van der Waals surface area (Å²) < 4.78 is 45.6. The minimum absolute atomic E-state index is 0.0667. The van der Waals surface area contributed by atoms with Crippen LogP contribution in [0.15, 0.2) is 41.1 Å². The van der Waals surface area contributed by atoms with Crippen molar-refractivity contribution < 1.29 is 27.6 Å². The van der Waals surface area contributed by atoms with E-state index in [0.717, 1.165) is 44.6 Å². The molecule has 0 bridgehead atoms. The summed E-state index contributed by atoms with van der Waals surface area (Å²) in [7, 11) is 1.35. The van der Waals surface area contributed by atoms with Gasteiger partial charge < -0.3 is 18.9 Å². The van der Waals surface area contributed by atoms with Crippen molar-refractivity contribution in [1.29, 1.82) is 0 Å². The first-order chi connectivity index (χ1) is 17.5. The lowest BCUT2D eigenvalue weighted by molar-refractivity contribution is 0.0402. The van der Waals surface area contributed by atoms with Crippen molar-refractivity contribution in [3.05, 3.63) is 65.1 Å². The Hall–Kier alpha value is -3.33. The minimum atomic E-state index is -0.657. The predicted molar refractivity (Wildman–Crippen MR) is 126 cm³/mol. The Morgan fingerprint density at radius 1 is 1.11 bits per heavy atom. The highest BCUT2D eigenvalue weighted by Crippen LogP contribution is 2.46. The van der Waals surface area contributed by atoms with E-state index in [-0.39, 0.29) is 29.9 Å². The topological polar surface area (TPSA) is 77.7 Å². The van der Waals surface area contributed by atoms with Crippen molar-refractivity contribution in [3.8, 4) is 11.3 Å². The smallest absolute Gasteiger partial charge is 0.339 e. The van der Waals surface area contributed by atoms with Gasteiger partial charge in [-0.25, -0.2) is 18.6 Å². The van der Waals surface area contributed by atoms with Crippen LogP contribution < -0.4 is 4.90 Å². The molecule has 2 aliphatic carbocycles. The molecule has 9 heteroatoms. The van der Waals surface area contributed by atoms with Crippen LogP contribution in [0.2, 0.25) is 0 Å². The van der Waals surface area contributed by atoms with E-state index in [2.05, 4.69) is 15.0 Å². The second-order valence-corrected chi connectivity index (χ2v) is 9.97. The maximum atomic E-state index is 14.5. The molecule has 0 spiro atoms. The van der Waals surface area contributed by atoms with E-state index in [1.54, 1.807) is 12.3 Å². The Kier molecular flexibility index (Phi) is 5.95. The fourth-order valence-electron chi connectivity index (χ4n) is 5.63. The fourth-order valence-corrected chi connectivity index (χ4v) is 5.63. The highest BCUT2D eigenvalue weighted by Gasteiger charge is 2.42. The van der Waals surface area contributed by atoms with Crippen molar-refractivity contribution in [2.75, 3.05) is 25.1 Å². The Morgan fingerprint density at radius 2 is 1.83 bits per heavy atom. The predicted octanol–water partition coefficient (Wildman–Crippen LogP) is 5.11. The maximum absolute atomic E-state index is 14.5. The fraction of sp³-hybridized carbons (Fsp3) is 0.444. The molecule has 6 rings (SSSR count). The number of hydrogen-bond donors (Lipinski definition) is 0. The molecule has 1 saturated heterocycles. The number of methoxy groups -OCH3 is 1. The van der Waals surface area contributed by atoms with Crippen LogP contribution in [0.3, 0.4) is 0 Å². The van der Waals surface area contributed by atoms with Gasteiger partial charge >= 0.3 is 5.97 Å². The number of hydrogen-bond acceptors (Lipinski definition) is 7. The number of halogens is 2. The molecular weight excluding hydrogens is 468 g/mol. The first-order valence-corrected chi connectivity index (χ1v) is 12.4. The molecule has 1 aliphatic heterocycles. The Balaban J connectivity index is 1.11. The molecule has 1 unspecified atom stereocenters. The summed E-state index contributed by atoms with van der Waals surface area (Å²) in [6.45, 7) is 1.98. The van der Waals surface area contributed by atoms with Crippen LogP contribution in [0.25, 0.3) is 11.3 Å². The van der Waals surface area contributed by atoms with Crippen LogP contribution in [0, 0.1) is 23.5 Å². The van der Waals surface area contributed by atoms with Crippen LogP contribution in [0.5, 0.6) is 0 Å². The number of esters is 1. The third-order valence-corrected chi connectivity index (χ3v) is 7.63. The maximum Gasteiger partial charge on any atom is 0.339 e. The normalized spacial score (nSPS) is 23.2. The van der Waals surface area contributed by atoms with Crippen molar-refractivity contribution in [2.45, 2.75) is 44.3 Å². The van der Waals surface area contributed by atoms with Crippen molar-refractivity contribution in [3.63, 3.8) is 0 Å². The van der Waals surface area contributed by atoms with Gasteiger partial charge in [0.2, 0.25) is 0 Å². The molecule has 2 saturated carbocycles. The lowest BCUT2D eigenvalue weighted by Crippen LogP contribution is -2.24. The summed E-state index contributed by atoms with van der Waals surface area (Å²) in [6, 6.07) is 7.40. The molecule has 188 valence electrons. The molecule has 3 aromatic rings. The molecule has 0 N–H and O–H groups in total. The molecule has 7 nitrogen and oxygen atoms in total. The van der Waals surface area contributed by atoms with Crippen molar-refractivity contribution in [1.82, 2.24) is 10.1 Å². The second-order valence-electron chi connectivity index (χ2n) is 9.97. The second kappa shape index (κ2) is 9.28. The van der Waals surface area contributed by atoms with Gasteiger partial charge in [0.25, 0.3) is 0 Å². The molecule has 3 fully saturated rings. The number of anilines is 1. The Bertz CT molecular complexity index is 1240. The van der Waals surface area contributed by atoms with Crippen LogP contribution in [0.4, 0.5) is 14.6 Å². The Labute approximate surface area is 207 Å². The van der Waals surface area contributed by atoms with E-state index in [1.165, 1.54) is 25.3 Å². The van der Waals surface area contributed by atoms with E-state index < -0.39 is 17.6 Å². The third kappa shape index (κ3) is 4.25. The van der Waals surface area contributed by atoms with Gasteiger partial charge in [-0.05, 0) is 61.8 Å². The average Bonchev–Trinajstić information content (AvgIpc) is 3.35. The first kappa shape index (κ1) is 23.1. The molecule has 0 radical (unpaired) electrons. The van der Waals surface area contributed by atoms with E-state index >= 15 is 0 Å². The molecule has 3 atom stereocenters. The van der Waals surface area contributed by atoms with E-state index in [0.29, 0.717) is 28.7 Å². The number of nitrogens with zero attached hydrogens (tertiary/aromatic N) is 3. The number of benzene rings is 1. The molecule has 3 aliphatic rings. The van der Waals surface area contributed by atoms with Gasteiger partial charge in [0.05, 0.1) is 30.9 Å². The molecule has 36 heavy (non-hydrogen) atoms. The standard InChI is InChI=1S/C27H27F2N3O4/c1-34-27(33)16-7-8-23(30-11-16)32-12-17-9-19(10-18(17)13-32)35-14-20-25(31-36-26(20)15-5-6-15)24-21(28)3-2-4-22(24)29/h2-4,7-8,11,15,17-19H,5-6,9-10,12-14H2,1H3/t17-,18+,19?. The van der Waals surface area contributed by atoms with Crippen molar-refractivity contribution >= 4 is 11.8 Å². The van der Waals surface area contributed by atoms with Gasteiger partial charge in [-0.15, -0.1) is 0 Å². The number of carbonyl (C=O) groups is 1. The minimum Gasteiger partial charge on any atom is -0.465 e. The summed E-state index contributed by atoms with van der Waals surface area (Å²) in [5.74, 6) is 1.03. The van der Waals surface area contributed by atoms with E-state index in [4.69, 9.17) is 14.0 Å². The monoisotopic (exact) mass is 495 g/mol. The molecule has 3 heterocycles. The van der Waals surface area contributed by atoms with Crippen LogP contribution >= 0.6 is 0 Å². The number of aromatic nitrogens is 2. The number of pyridine rings is 1. The number of ether oxygens (including phenoxy) is 2. The summed E-state index contributed by atoms with van der Waals surface area (Å²) in [5, 5.41) is 4.06. The lowest BCUT2D eigenvalue weighted by Gasteiger charge is -2.20. The van der Waals surface area contributed by atoms with Crippen molar-refractivity contribution in [2.24, 2.45) is 11.8 Å². The zero-order valence-electron chi connectivity index (χ0n) is 20.0. The lowest BCUT2D eigenvalue weighted by atomic mass is 10.0. The van der Waals surface area contributed by atoms with E-state index in [1.807, 2.05) is 6.07 Å². The van der Waals surface area contributed by atoms with Gasteiger partial charge in [-0.3, -0.25) is 0 Å². The zero-order valence-corrected chi connectivity index (χ0v) is 20.0. The summed E-state index contributed by atoms with van der Waals surface area (Å²) in [4.78, 5) is 18.3.